The van der Waals surface area contributed by atoms with E-state index in [-0.39, 0.29) is 5.91 Å². The van der Waals surface area contributed by atoms with Crippen molar-refractivity contribution in [2.24, 2.45) is 7.05 Å². The lowest BCUT2D eigenvalue weighted by atomic mass is 10.2. The fraction of sp³-hybridized carbons (Fsp3) is 0.214. The summed E-state index contributed by atoms with van der Waals surface area (Å²) in [7, 11) is 3.62. The maximum atomic E-state index is 12.3. The van der Waals surface area contributed by atoms with Crippen LogP contribution in [0.15, 0.2) is 41.0 Å². The van der Waals surface area contributed by atoms with Gasteiger partial charge in [0.25, 0.3) is 5.91 Å². The SMILES string of the molecule is CN(Cc1ccccc1Cl)C(=O)c1cc(Br)cn1C. The smallest absolute Gasteiger partial charge is 0.270 e. The molecule has 0 radical (unpaired) electrons. The van der Waals surface area contributed by atoms with Crippen LogP contribution in [-0.4, -0.2) is 22.4 Å². The molecule has 19 heavy (non-hydrogen) atoms. The van der Waals surface area contributed by atoms with Gasteiger partial charge in [0, 0.05) is 36.3 Å². The second-order valence-electron chi connectivity index (χ2n) is 4.41. The highest BCUT2D eigenvalue weighted by Crippen LogP contribution is 2.19. The van der Waals surface area contributed by atoms with Crippen LogP contribution in [-0.2, 0) is 13.6 Å². The number of rotatable bonds is 3. The van der Waals surface area contributed by atoms with Gasteiger partial charge in [0.05, 0.1) is 0 Å². The van der Waals surface area contributed by atoms with E-state index in [1.165, 1.54) is 0 Å². The minimum atomic E-state index is -0.0341. The second-order valence-corrected chi connectivity index (χ2v) is 5.73. The number of carbonyl (C=O) groups is 1. The molecule has 0 aliphatic rings. The highest BCUT2D eigenvalue weighted by molar-refractivity contribution is 9.10. The first-order valence-corrected chi connectivity index (χ1v) is 6.97. The van der Waals surface area contributed by atoms with E-state index in [4.69, 9.17) is 11.6 Å². The molecule has 2 rings (SSSR count). The summed E-state index contributed by atoms with van der Waals surface area (Å²) in [6, 6.07) is 9.35. The normalized spacial score (nSPS) is 10.5. The Labute approximate surface area is 125 Å². The van der Waals surface area contributed by atoms with Crippen molar-refractivity contribution in [3.05, 3.63) is 57.3 Å². The lowest BCUT2D eigenvalue weighted by molar-refractivity contribution is 0.0775. The van der Waals surface area contributed by atoms with E-state index < -0.39 is 0 Å². The number of amides is 1. The average molecular weight is 342 g/mol. The van der Waals surface area contributed by atoms with Crippen LogP contribution in [0, 0.1) is 0 Å². The number of hydrogen-bond donors (Lipinski definition) is 0. The molecule has 0 N–H and O–H groups in total. The van der Waals surface area contributed by atoms with Crippen molar-refractivity contribution in [3.8, 4) is 0 Å². The van der Waals surface area contributed by atoms with Crippen LogP contribution in [0.4, 0.5) is 0 Å². The largest absolute Gasteiger partial charge is 0.345 e. The fourth-order valence-corrected chi connectivity index (χ4v) is 2.61. The van der Waals surface area contributed by atoms with Crippen molar-refractivity contribution in [1.82, 2.24) is 9.47 Å². The van der Waals surface area contributed by atoms with E-state index in [0.29, 0.717) is 17.3 Å². The lowest BCUT2D eigenvalue weighted by Crippen LogP contribution is -2.27. The molecule has 0 aliphatic carbocycles. The van der Waals surface area contributed by atoms with Gasteiger partial charge in [0.2, 0.25) is 0 Å². The molecular formula is C14H14BrClN2O. The van der Waals surface area contributed by atoms with E-state index in [9.17, 15) is 4.79 Å². The van der Waals surface area contributed by atoms with E-state index in [2.05, 4.69) is 15.9 Å². The molecule has 1 heterocycles. The Morgan fingerprint density at radius 2 is 2.11 bits per heavy atom. The highest BCUT2D eigenvalue weighted by atomic mass is 79.9. The van der Waals surface area contributed by atoms with E-state index in [0.717, 1.165) is 10.0 Å². The van der Waals surface area contributed by atoms with Crippen molar-refractivity contribution in [1.29, 1.82) is 0 Å². The van der Waals surface area contributed by atoms with Gasteiger partial charge in [-0.15, -0.1) is 0 Å². The highest BCUT2D eigenvalue weighted by Gasteiger charge is 2.16. The molecule has 0 aliphatic heterocycles. The molecule has 0 bridgehead atoms. The number of carbonyl (C=O) groups excluding carboxylic acids is 1. The van der Waals surface area contributed by atoms with Crippen LogP contribution in [0.3, 0.4) is 0 Å². The van der Waals surface area contributed by atoms with Crippen LogP contribution >= 0.6 is 27.5 Å². The number of aryl methyl sites for hydroxylation is 1. The molecule has 1 aromatic heterocycles. The zero-order valence-electron chi connectivity index (χ0n) is 10.7. The number of benzene rings is 1. The van der Waals surface area contributed by atoms with Gasteiger partial charge in [-0.25, -0.2) is 0 Å². The van der Waals surface area contributed by atoms with Gasteiger partial charge in [-0.05, 0) is 33.6 Å². The quantitative estimate of drug-likeness (QED) is 0.835. The summed E-state index contributed by atoms with van der Waals surface area (Å²) in [5, 5.41) is 0.676. The first-order valence-electron chi connectivity index (χ1n) is 5.80. The Hall–Kier alpha value is -1.26. The molecule has 1 amide bonds. The van der Waals surface area contributed by atoms with E-state index in [1.54, 1.807) is 16.5 Å². The third-order valence-electron chi connectivity index (χ3n) is 2.90. The topological polar surface area (TPSA) is 25.2 Å². The summed E-state index contributed by atoms with van der Waals surface area (Å²) in [5.41, 5.74) is 1.58. The molecule has 3 nitrogen and oxygen atoms in total. The Morgan fingerprint density at radius 3 is 2.68 bits per heavy atom. The maximum Gasteiger partial charge on any atom is 0.270 e. The minimum Gasteiger partial charge on any atom is -0.345 e. The Balaban J connectivity index is 2.16. The second kappa shape index (κ2) is 5.80. The summed E-state index contributed by atoms with van der Waals surface area (Å²) in [4.78, 5) is 14.0. The van der Waals surface area contributed by atoms with Crippen LogP contribution in [0.2, 0.25) is 5.02 Å². The number of hydrogen-bond acceptors (Lipinski definition) is 1. The zero-order chi connectivity index (χ0) is 14.0. The maximum absolute atomic E-state index is 12.3. The van der Waals surface area contributed by atoms with Gasteiger partial charge in [0.15, 0.2) is 0 Å². The molecule has 100 valence electrons. The minimum absolute atomic E-state index is 0.0341. The first-order chi connectivity index (χ1) is 8.99. The summed E-state index contributed by atoms with van der Waals surface area (Å²) in [5.74, 6) is -0.0341. The van der Waals surface area contributed by atoms with Crippen molar-refractivity contribution < 1.29 is 4.79 Å². The summed E-state index contributed by atoms with van der Waals surface area (Å²) >= 11 is 9.47. The lowest BCUT2D eigenvalue weighted by Gasteiger charge is -2.18. The Morgan fingerprint density at radius 1 is 1.42 bits per heavy atom. The van der Waals surface area contributed by atoms with Crippen molar-refractivity contribution in [2.75, 3.05) is 7.05 Å². The molecular weight excluding hydrogens is 328 g/mol. The van der Waals surface area contributed by atoms with Gasteiger partial charge >= 0.3 is 0 Å². The molecule has 0 atom stereocenters. The van der Waals surface area contributed by atoms with E-state index in [1.807, 2.05) is 43.6 Å². The molecule has 5 heteroatoms. The molecule has 2 aromatic rings. The standard InChI is InChI=1S/C14H14BrClN2O/c1-17-9-11(15)7-13(17)14(19)18(2)8-10-5-3-4-6-12(10)16/h3-7,9H,8H2,1-2H3. The fourth-order valence-electron chi connectivity index (χ4n) is 1.89. The molecule has 1 aromatic carbocycles. The van der Waals surface area contributed by atoms with Crippen molar-refractivity contribution >= 4 is 33.4 Å². The van der Waals surface area contributed by atoms with Crippen molar-refractivity contribution in [2.45, 2.75) is 6.54 Å². The van der Waals surface area contributed by atoms with Gasteiger partial charge in [-0.2, -0.15) is 0 Å². The summed E-state index contributed by atoms with van der Waals surface area (Å²) < 4.78 is 2.69. The van der Waals surface area contributed by atoms with Crippen LogP contribution in [0.5, 0.6) is 0 Å². The van der Waals surface area contributed by atoms with Crippen molar-refractivity contribution in [3.63, 3.8) is 0 Å². The molecule has 0 saturated carbocycles. The van der Waals surface area contributed by atoms with Gasteiger partial charge < -0.3 is 9.47 Å². The predicted molar refractivity (Wildman–Crippen MR) is 80.4 cm³/mol. The Bertz CT molecular complexity index is 609. The molecule has 0 unspecified atom stereocenters. The summed E-state index contributed by atoms with van der Waals surface area (Å²) in [6.07, 6.45) is 1.86. The van der Waals surface area contributed by atoms with Crippen LogP contribution < -0.4 is 0 Å². The van der Waals surface area contributed by atoms with E-state index >= 15 is 0 Å². The molecule has 0 spiro atoms. The predicted octanol–water partition coefficient (Wildman–Crippen LogP) is 3.71. The number of aromatic nitrogens is 1. The first kappa shape index (κ1) is 14.2. The molecule has 0 fully saturated rings. The Kier molecular flexibility index (Phi) is 4.32. The monoisotopic (exact) mass is 340 g/mol. The van der Waals surface area contributed by atoms with Crippen LogP contribution in [0.25, 0.3) is 0 Å². The average Bonchev–Trinajstić information content (AvgIpc) is 2.70. The van der Waals surface area contributed by atoms with Gasteiger partial charge in [-0.3, -0.25) is 4.79 Å². The van der Waals surface area contributed by atoms with Crippen LogP contribution in [0.1, 0.15) is 16.1 Å². The molecule has 0 saturated heterocycles. The third-order valence-corrected chi connectivity index (χ3v) is 3.71. The number of nitrogens with zero attached hydrogens (tertiary/aromatic N) is 2. The summed E-state index contributed by atoms with van der Waals surface area (Å²) in [6.45, 7) is 0.487. The van der Waals surface area contributed by atoms with Gasteiger partial charge in [0.1, 0.15) is 5.69 Å². The number of halogens is 2. The van der Waals surface area contributed by atoms with Gasteiger partial charge in [-0.1, -0.05) is 29.8 Å². The zero-order valence-corrected chi connectivity index (χ0v) is 13.1. The third kappa shape index (κ3) is 3.19.